The topological polar surface area (TPSA) is 94.8 Å². The lowest BCUT2D eigenvalue weighted by molar-refractivity contribution is -0.181. The molecule has 0 aromatic heterocycles. The van der Waals surface area contributed by atoms with E-state index in [1.54, 1.807) is 12.2 Å². The van der Waals surface area contributed by atoms with E-state index in [0.717, 1.165) is 18.4 Å². The maximum atomic E-state index is 12.9. The summed E-state index contributed by atoms with van der Waals surface area (Å²) in [6.45, 7) is 4.02. The molecular weight excluding hydrogens is 424 g/mol. The van der Waals surface area contributed by atoms with Crippen molar-refractivity contribution >= 4 is 27.5 Å². The number of fused-ring (bicyclic) bond motifs is 5. The number of aliphatic hydroxyl groups excluding tert-OH is 2. The van der Waals surface area contributed by atoms with E-state index in [-0.39, 0.29) is 34.3 Å². The van der Waals surface area contributed by atoms with Crippen LogP contribution >= 0.6 is 15.9 Å². The summed E-state index contributed by atoms with van der Waals surface area (Å²) in [4.78, 5) is 24.7. The van der Waals surface area contributed by atoms with Gasteiger partial charge in [-0.3, -0.25) is 9.59 Å². The minimum absolute atomic E-state index is 0.00524. The van der Waals surface area contributed by atoms with Crippen LogP contribution in [0.1, 0.15) is 46.0 Å². The Hall–Kier alpha value is -0.820. The van der Waals surface area contributed by atoms with Gasteiger partial charge in [-0.05, 0) is 56.1 Å². The molecule has 5 nitrogen and oxygen atoms in total. The molecule has 0 spiro atoms. The molecule has 8 atom stereocenters. The number of Topliss-reactive ketones (excluding diaryl/α,β-unsaturated/α-hetero) is 1. The van der Waals surface area contributed by atoms with Gasteiger partial charge in [0.25, 0.3) is 0 Å². The predicted octanol–water partition coefficient (Wildman–Crippen LogP) is 2.32. The first-order valence-electron chi connectivity index (χ1n) is 10.2. The zero-order valence-corrected chi connectivity index (χ0v) is 18.0. The van der Waals surface area contributed by atoms with E-state index >= 15 is 0 Å². The number of allylic oxidation sites excluding steroid dienone is 4. The number of carbonyl (C=O) groups excluding carboxylic acids is 2. The molecule has 0 aromatic rings. The summed E-state index contributed by atoms with van der Waals surface area (Å²) in [6, 6.07) is 0. The maximum absolute atomic E-state index is 12.9. The number of halogens is 1. The van der Waals surface area contributed by atoms with Gasteiger partial charge in [0.05, 0.1) is 6.10 Å². The summed E-state index contributed by atoms with van der Waals surface area (Å²) in [5, 5.41) is 32.9. The van der Waals surface area contributed by atoms with Gasteiger partial charge in [-0.2, -0.15) is 0 Å². The van der Waals surface area contributed by atoms with Crippen LogP contribution in [0.15, 0.2) is 23.8 Å². The Morgan fingerprint density at radius 1 is 1.36 bits per heavy atom. The van der Waals surface area contributed by atoms with Crippen LogP contribution in [0.2, 0.25) is 0 Å². The van der Waals surface area contributed by atoms with Gasteiger partial charge in [0.15, 0.2) is 11.6 Å². The number of carbonyl (C=O) groups is 2. The van der Waals surface area contributed by atoms with Gasteiger partial charge in [0, 0.05) is 22.1 Å². The molecule has 0 aliphatic heterocycles. The first-order chi connectivity index (χ1) is 13.1. The van der Waals surface area contributed by atoms with Crippen LogP contribution in [-0.4, -0.2) is 50.0 Å². The minimum Gasteiger partial charge on any atom is -0.393 e. The third kappa shape index (κ3) is 2.54. The first kappa shape index (κ1) is 20.5. The van der Waals surface area contributed by atoms with Crippen molar-refractivity contribution in [2.24, 2.45) is 28.6 Å². The van der Waals surface area contributed by atoms with Crippen molar-refractivity contribution in [3.8, 4) is 0 Å². The Labute approximate surface area is 174 Å². The minimum atomic E-state index is -1.62. The van der Waals surface area contributed by atoms with Gasteiger partial charge in [-0.1, -0.05) is 41.4 Å². The van der Waals surface area contributed by atoms with Gasteiger partial charge in [0.1, 0.15) is 11.7 Å². The molecule has 3 fully saturated rings. The largest absolute Gasteiger partial charge is 0.393 e. The fourth-order valence-electron chi connectivity index (χ4n) is 7.08. The lowest BCUT2D eigenvalue weighted by Gasteiger charge is -2.59. The Kier molecular flexibility index (Phi) is 4.82. The van der Waals surface area contributed by atoms with Crippen molar-refractivity contribution in [3.05, 3.63) is 23.8 Å². The highest BCUT2D eigenvalue weighted by molar-refractivity contribution is 9.09. The highest BCUT2D eigenvalue weighted by atomic mass is 79.9. The summed E-state index contributed by atoms with van der Waals surface area (Å²) in [5.74, 6) is -0.302. The van der Waals surface area contributed by atoms with Gasteiger partial charge < -0.3 is 15.3 Å². The Morgan fingerprint density at radius 3 is 2.75 bits per heavy atom. The van der Waals surface area contributed by atoms with E-state index < -0.39 is 29.0 Å². The number of alkyl halides is 1. The smallest absolute Gasteiger partial charge is 0.194 e. The molecule has 4 aliphatic carbocycles. The fourth-order valence-corrected chi connectivity index (χ4v) is 7.38. The fraction of sp³-hybridized carbons (Fsp3) is 0.727. The maximum Gasteiger partial charge on any atom is 0.194 e. The number of rotatable bonds is 3. The molecule has 6 heteroatoms. The molecule has 0 bridgehead atoms. The summed E-state index contributed by atoms with van der Waals surface area (Å²) >= 11 is 3.14. The molecular formula is C22H29BrO5. The van der Waals surface area contributed by atoms with E-state index in [0.29, 0.717) is 19.3 Å². The molecule has 1 unspecified atom stereocenters. The van der Waals surface area contributed by atoms with Crippen LogP contribution in [0.5, 0.6) is 0 Å². The molecule has 28 heavy (non-hydrogen) atoms. The molecule has 4 rings (SSSR count). The van der Waals surface area contributed by atoms with Crippen molar-refractivity contribution in [3.63, 3.8) is 0 Å². The van der Waals surface area contributed by atoms with Gasteiger partial charge in [0.2, 0.25) is 0 Å². The molecule has 0 aromatic carbocycles. The summed E-state index contributed by atoms with van der Waals surface area (Å²) in [7, 11) is 0. The Morgan fingerprint density at radius 2 is 2.07 bits per heavy atom. The quantitative estimate of drug-likeness (QED) is 0.571. The average Bonchev–Trinajstić information content (AvgIpc) is 2.92. The summed E-state index contributed by atoms with van der Waals surface area (Å²) in [5.41, 5.74) is -1.66. The van der Waals surface area contributed by atoms with Crippen molar-refractivity contribution < 1.29 is 24.9 Å². The van der Waals surface area contributed by atoms with Crippen LogP contribution in [0.25, 0.3) is 0 Å². The summed E-state index contributed by atoms with van der Waals surface area (Å²) < 4.78 is 0. The molecule has 3 N–H and O–H groups in total. The Bertz CT molecular complexity index is 775. The second kappa shape index (κ2) is 6.59. The van der Waals surface area contributed by atoms with E-state index in [1.165, 1.54) is 0 Å². The van der Waals surface area contributed by atoms with Crippen LogP contribution in [0.3, 0.4) is 0 Å². The van der Waals surface area contributed by atoms with E-state index in [4.69, 9.17) is 0 Å². The van der Waals surface area contributed by atoms with Crippen molar-refractivity contribution in [1.82, 2.24) is 0 Å². The zero-order valence-electron chi connectivity index (χ0n) is 16.4. The van der Waals surface area contributed by atoms with Gasteiger partial charge in [-0.15, -0.1) is 0 Å². The third-order valence-corrected chi connectivity index (χ3v) is 9.12. The van der Waals surface area contributed by atoms with Crippen molar-refractivity contribution in [1.29, 1.82) is 0 Å². The molecule has 154 valence electrons. The van der Waals surface area contributed by atoms with E-state index in [2.05, 4.69) is 22.9 Å². The number of hydrogen-bond acceptors (Lipinski definition) is 5. The predicted molar refractivity (Wildman–Crippen MR) is 108 cm³/mol. The highest BCUT2D eigenvalue weighted by Crippen LogP contribution is 2.67. The second-order valence-electron chi connectivity index (χ2n) is 9.65. The molecule has 0 radical (unpaired) electrons. The number of hydrogen-bond donors (Lipinski definition) is 3. The molecule has 0 heterocycles. The average molecular weight is 453 g/mol. The lowest BCUT2D eigenvalue weighted by Crippen LogP contribution is -2.62. The molecule has 4 aliphatic rings. The Balaban J connectivity index is 1.72. The molecule has 0 saturated heterocycles. The SMILES string of the molecule is C[C@]12C=CC(=O)C=C1CC[C@@H]1[C@@H]2[C@@H](O)C[C@@]2(C)[C@H]1CC[C@]2(O)C(=O)C(O)CBr. The number of aliphatic hydroxyl groups is 3. The van der Waals surface area contributed by atoms with Crippen LogP contribution in [-0.2, 0) is 9.59 Å². The van der Waals surface area contributed by atoms with Crippen molar-refractivity contribution in [2.75, 3.05) is 5.33 Å². The first-order valence-corrected chi connectivity index (χ1v) is 11.3. The monoisotopic (exact) mass is 452 g/mol. The van der Waals surface area contributed by atoms with E-state index in [9.17, 15) is 24.9 Å². The molecule has 3 saturated carbocycles. The highest BCUT2D eigenvalue weighted by Gasteiger charge is 2.68. The van der Waals surface area contributed by atoms with Crippen LogP contribution in [0, 0.1) is 28.6 Å². The molecule has 0 amide bonds. The van der Waals surface area contributed by atoms with Crippen LogP contribution in [0.4, 0.5) is 0 Å². The third-order valence-electron chi connectivity index (χ3n) is 8.50. The lowest BCUT2D eigenvalue weighted by atomic mass is 9.46. The number of ketones is 2. The standard InChI is InChI=1S/C22H29BrO5/c1-20-7-5-13(24)9-12(20)3-4-14-15-6-8-22(28,19(27)17(26)11-23)21(15,2)10-16(25)18(14)20/h5,7,9,14-18,25-26,28H,3-4,6,8,10-11H2,1-2H3/t14-,15-,16-,17?,18+,20-,21-,22-/m0/s1. The normalized spacial score (nSPS) is 48.4. The summed E-state index contributed by atoms with van der Waals surface area (Å²) in [6.07, 6.45) is 6.33. The van der Waals surface area contributed by atoms with Gasteiger partial charge in [-0.25, -0.2) is 0 Å². The zero-order chi connectivity index (χ0) is 20.5. The van der Waals surface area contributed by atoms with Crippen LogP contribution < -0.4 is 0 Å². The van der Waals surface area contributed by atoms with Gasteiger partial charge >= 0.3 is 0 Å². The second-order valence-corrected chi connectivity index (χ2v) is 10.3. The van der Waals surface area contributed by atoms with Crippen molar-refractivity contribution in [2.45, 2.75) is 63.8 Å². The van der Waals surface area contributed by atoms with E-state index in [1.807, 2.05) is 13.0 Å².